The van der Waals surface area contributed by atoms with Crippen LogP contribution in [0.15, 0.2) is 61.7 Å². The van der Waals surface area contributed by atoms with Crippen LogP contribution in [0.25, 0.3) is 12.2 Å². The topological polar surface area (TPSA) is 27.7 Å². The highest BCUT2D eigenvalue weighted by Crippen LogP contribution is 2.10. The SMILES string of the molecule is C=Cc1ccc(COCC(COC)OCc2ccc(C=C)cc2)cc1. The van der Waals surface area contributed by atoms with Crippen molar-refractivity contribution in [1.82, 2.24) is 0 Å². The van der Waals surface area contributed by atoms with Crippen molar-refractivity contribution < 1.29 is 14.2 Å². The largest absolute Gasteiger partial charge is 0.382 e. The fourth-order valence-electron chi connectivity index (χ4n) is 2.35. The van der Waals surface area contributed by atoms with Crippen LogP contribution in [0.4, 0.5) is 0 Å². The summed E-state index contributed by atoms with van der Waals surface area (Å²) in [7, 11) is 1.67. The van der Waals surface area contributed by atoms with E-state index in [9.17, 15) is 0 Å². The molecule has 0 saturated carbocycles. The number of methoxy groups -OCH3 is 1. The van der Waals surface area contributed by atoms with Gasteiger partial charge in [0.1, 0.15) is 6.10 Å². The minimum absolute atomic E-state index is 0.100. The number of hydrogen-bond donors (Lipinski definition) is 0. The molecule has 132 valence electrons. The normalized spacial score (nSPS) is 11.9. The van der Waals surface area contributed by atoms with Crippen LogP contribution in [0.5, 0.6) is 0 Å². The lowest BCUT2D eigenvalue weighted by Gasteiger charge is -2.17. The molecule has 0 aromatic heterocycles. The minimum atomic E-state index is -0.100. The molecule has 0 aliphatic heterocycles. The van der Waals surface area contributed by atoms with E-state index in [-0.39, 0.29) is 6.10 Å². The number of rotatable bonds is 11. The zero-order valence-corrected chi connectivity index (χ0v) is 14.8. The van der Waals surface area contributed by atoms with Crippen molar-refractivity contribution in [3.8, 4) is 0 Å². The molecule has 25 heavy (non-hydrogen) atoms. The molecule has 0 radical (unpaired) electrons. The third-order valence-corrected chi connectivity index (χ3v) is 3.84. The molecule has 0 aliphatic rings. The molecule has 0 spiro atoms. The molecule has 3 nitrogen and oxygen atoms in total. The number of hydrogen-bond acceptors (Lipinski definition) is 3. The zero-order valence-electron chi connectivity index (χ0n) is 14.8. The average Bonchev–Trinajstić information content (AvgIpc) is 2.67. The summed E-state index contributed by atoms with van der Waals surface area (Å²) in [5, 5.41) is 0. The maximum absolute atomic E-state index is 5.93. The van der Waals surface area contributed by atoms with Crippen molar-refractivity contribution in [2.24, 2.45) is 0 Å². The highest BCUT2D eigenvalue weighted by atomic mass is 16.6. The van der Waals surface area contributed by atoms with E-state index in [1.807, 2.05) is 60.7 Å². The van der Waals surface area contributed by atoms with E-state index in [1.54, 1.807) is 7.11 Å². The second-order valence-corrected chi connectivity index (χ2v) is 5.79. The van der Waals surface area contributed by atoms with Gasteiger partial charge < -0.3 is 14.2 Å². The van der Waals surface area contributed by atoms with E-state index in [4.69, 9.17) is 14.2 Å². The third-order valence-electron chi connectivity index (χ3n) is 3.84. The summed E-state index contributed by atoms with van der Waals surface area (Å²) < 4.78 is 16.9. The minimum Gasteiger partial charge on any atom is -0.382 e. The van der Waals surface area contributed by atoms with Crippen molar-refractivity contribution >= 4 is 12.2 Å². The van der Waals surface area contributed by atoms with Crippen molar-refractivity contribution in [2.75, 3.05) is 20.3 Å². The fourth-order valence-corrected chi connectivity index (χ4v) is 2.35. The maximum atomic E-state index is 5.93. The fraction of sp³-hybridized carbons (Fsp3) is 0.273. The van der Waals surface area contributed by atoms with Gasteiger partial charge in [0.25, 0.3) is 0 Å². The molecule has 2 aromatic carbocycles. The lowest BCUT2D eigenvalue weighted by Crippen LogP contribution is -2.25. The molecule has 0 N–H and O–H groups in total. The molecule has 2 aromatic rings. The Kier molecular flexibility index (Phi) is 8.13. The second kappa shape index (κ2) is 10.6. The smallest absolute Gasteiger partial charge is 0.105 e. The Balaban J connectivity index is 1.78. The third kappa shape index (κ3) is 6.67. The van der Waals surface area contributed by atoms with E-state index in [2.05, 4.69) is 13.2 Å². The van der Waals surface area contributed by atoms with E-state index in [0.29, 0.717) is 26.4 Å². The van der Waals surface area contributed by atoms with Crippen LogP contribution in [0.1, 0.15) is 22.3 Å². The molecular weight excluding hydrogens is 312 g/mol. The Morgan fingerprint density at radius 3 is 1.80 bits per heavy atom. The summed E-state index contributed by atoms with van der Waals surface area (Å²) in [5.74, 6) is 0. The first-order valence-corrected chi connectivity index (χ1v) is 8.36. The predicted molar refractivity (Wildman–Crippen MR) is 103 cm³/mol. The van der Waals surface area contributed by atoms with E-state index in [0.717, 1.165) is 22.3 Å². The molecule has 0 heterocycles. The summed E-state index contributed by atoms with van der Waals surface area (Å²) in [5.41, 5.74) is 4.45. The van der Waals surface area contributed by atoms with Gasteiger partial charge >= 0.3 is 0 Å². The van der Waals surface area contributed by atoms with Gasteiger partial charge in [0.15, 0.2) is 0 Å². The quantitative estimate of drug-likeness (QED) is 0.593. The molecule has 1 atom stereocenters. The van der Waals surface area contributed by atoms with Crippen LogP contribution >= 0.6 is 0 Å². The predicted octanol–water partition coefficient (Wildman–Crippen LogP) is 4.72. The molecule has 0 amide bonds. The summed E-state index contributed by atoms with van der Waals surface area (Å²) in [6.45, 7) is 9.58. The van der Waals surface area contributed by atoms with Crippen molar-refractivity contribution in [1.29, 1.82) is 0 Å². The molecule has 0 saturated heterocycles. The van der Waals surface area contributed by atoms with Crippen LogP contribution in [-0.2, 0) is 27.4 Å². The van der Waals surface area contributed by atoms with Gasteiger partial charge in [-0.1, -0.05) is 73.8 Å². The van der Waals surface area contributed by atoms with Crippen LogP contribution < -0.4 is 0 Å². The summed E-state index contributed by atoms with van der Waals surface area (Å²) >= 11 is 0. The monoisotopic (exact) mass is 338 g/mol. The average molecular weight is 338 g/mol. The Bertz CT molecular complexity index is 644. The first-order chi connectivity index (χ1) is 12.2. The van der Waals surface area contributed by atoms with Crippen LogP contribution in [0.2, 0.25) is 0 Å². The van der Waals surface area contributed by atoms with Crippen molar-refractivity contribution in [3.05, 3.63) is 83.9 Å². The first kappa shape index (κ1) is 19.1. The molecule has 0 aliphatic carbocycles. The van der Waals surface area contributed by atoms with Gasteiger partial charge in [0, 0.05) is 7.11 Å². The highest BCUT2D eigenvalue weighted by Gasteiger charge is 2.10. The zero-order chi connectivity index (χ0) is 17.9. The van der Waals surface area contributed by atoms with E-state index >= 15 is 0 Å². The van der Waals surface area contributed by atoms with Crippen LogP contribution in [0, 0.1) is 0 Å². The molecule has 1 unspecified atom stereocenters. The first-order valence-electron chi connectivity index (χ1n) is 8.36. The maximum Gasteiger partial charge on any atom is 0.105 e. The van der Waals surface area contributed by atoms with E-state index in [1.165, 1.54) is 0 Å². The Labute approximate surface area is 150 Å². The Morgan fingerprint density at radius 1 is 0.800 bits per heavy atom. The molecular formula is C22H26O3. The molecule has 3 heteroatoms. The molecule has 2 rings (SSSR count). The summed E-state index contributed by atoms with van der Waals surface area (Å²) in [6, 6.07) is 16.3. The lowest BCUT2D eigenvalue weighted by molar-refractivity contribution is -0.0618. The van der Waals surface area contributed by atoms with Gasteiger partial charge in [0.05, 0.1) is 26.4 Å². The molecule has 0 fully saturated rings. The van der Waals surface area contributed by atoms with Gasteiger partial charge in [-0.25, -0.2) is 0 Å². The van der Waals surface area contributed by atoms with Gasteiger partial charge in [-0.05, 0) is 22.3 Å². The van der Waals surface area contributed by atoms with Gasteiger partial charge in [-0.2, -0.15) is 0 Å². The van der Waals surface area contributed by atoms with Gasteiger partial charge in [0.2, 0.25) is 0 Å². The van der Waals surface area contributed by atoms with Gasteiger partial charge in [-0.15, -0.1) is 0 Å². The van der Waals surface area contributed by atoms with Crippen LogP contribution in [0.3, 0.4) is 0 Å². The van der Waals surface area contributed by atoms with Crippen molar-refractivity contribution in [3.63, 3.8) is 0 Å². The van der Waals surface area contributed by atoms with Crippen molar-refractivity contribution in [2.45, 2.75) is 19.3 Å². The second-order valence-electron chi connectivity index (χ2n) is 5.79. The lowest BCUT2D eigenvalue weighted by atomic mass is 10.1. The summed E-state index contributed by atoms with van der Waals surface area (Å²) in [4.78, 5) is 0. The van der Waals surface area contributed by atoms with Gasteiger partial charge in [-0.3, -0.25) is 0 Å². The molecule has 0 bridgehead atoms. The number of ether oxygens (including phenoxy) is 3. The summed E-state index contributed by atoms with van der Waals surface area (Å²) in [6.07, 6.45) is 3.55. The Morgan fingerprint density at radius 2 is 1.32 bits per heavy atom. The number of benzene rings is 2. The Hall–Kier alpha value is -2.20. The highest BCUT2D eigenvalue weighted by molar-refractivity contribution is 5.47. The van der Waals surface area contributed by atoms with E-state index < -0.39 is 0 Å². The van der Waals surface area contributed by atoms with Crippen LogP contribution in [-0.4, -0.2) is 26.4 Å². The standard InChI is InChI=1S/C22H26O3/c1-4-18-6-10-20(11-7-18)14-24-17-22(16-23-3)25-15-21-12-8-19(5-2)9-13-21/h4-13,22H,1-2,14-17H2,3H3.